The average molecular weight is 286 g/mol. The van der Waals surface area contributed by atoms with E-state index in [1.165, 1.54) is 0 Å². The number of aliphatic hydroxyl groups is 1. The maximum atomic E-state index is 12.6. The van der Waals surface area contributed by atoms with Gasteiger partial charge in [0, 0.05) is 24.8 Å². The van der Waals surface area contributed by atoms with Crippen LogP contribution in [0.25, 0.3) is 10.9 Å². The topological polar surface area (TPSA) is 71.5 Å². The van der Waals surface area contributed by atoms with Crippen LogP contribution >= 0.6 is 0 Å². The van der Waals surface area contributed by atoms with Crippen molar-refractivity contribution < 1.29 is 14.6 Å². The third kappa shape index (κ3) is 2.75. The van der Waals surface area contributed by atoms with E-state index in [0.29, 0.717) is 31.6 Å². The smallest absolute Gasteiger partial charge is 0.252 e. The molecule has 1 aromatic heterocycles. The molecule has 2 aromatic rings. The fourth-order valence-electron chi connectivity index (χ4n) is 2.69. The number of para-hydroxylation sites is 1. The molecule has 1 saturated heterocycles. The molecule has 0 atom stereocenters. The molecule has 1 amide bonds. The summed E-state index contributed by atoms with van der Waals surface area (Å²) in [5.41, 5.74) is 0.787. The Hall–Kier alpha value is -1.98. The van der Waals surface area contributed by atoms with Crippen molar-refractivity contribution in [3.05, 3.63) is 42.1 Å². The first-order valence-electron chi connectivity index (χ1n) is 7.09. The van der Waals surface area contributed by atoms with E-state index in [-0.39, 0.29) is 12.5 Å². The van der Waals surface area contributed by atoms with E-state index in [0.717, 1.165) is 10.9 Å². The van der Waals surface area contributed by atoms with Crippen molar-refractivity contribution in [2.75, 3.05) is 19.8 Å². The minimum atomic E-state index is -0.584. The average Bonchev–Trinajstić information content (AvgIpc) is 2.55. The molecule has 3 rings (SSSR count). The maximum Gasteiger partial charge on any atom is 0.252 e. The summed E-state index contributed by atoms with van der Waals surface area (Å²) in [5, 5.41) is 13.5. The third-order valence-corrected chi connectivity index (χ3v) is 4.02. The molecule has 5 heteroatoms. The number of aliphatic hydroxyl groups excluding tert-OH is 1. The number of amides is 1. The minimum Gasteiger partial charge on any atom is -0.394 e. The first kappa shape index (κ1) is 14.0. The fraction of sp³-hybridized carbons (Fsp3) is 0.375. The zero-order valence-electron chi connectivity index (χ0n) is 11.7. The Morgan fingerprint density at radius 3 is 2.81 bits per heavy atom. The number of hydrogen-bond acceptors (Lipinski definition) is 4. The standard InChI is InChI=1S/C16H18N2O3/c19-11-16(6-9-21-10-7-16)18-15(20)13-5-8-17-14-4-2-1-3-12(13)14/h1-5,8,19H,6-7,9-11H2,(H,18,20). The lowest BCUT2D eigenvalue weighted by atomic mass is 9.90. The van der Waals surface area contributed by atoms with Gasteiger partial charge in [-0.25, -0.2) is 0 Å². The molecule has 21 heavy (non-hydrogen) atoms. The first-order valence-corrected chi connectivity index (χ1v) is 7.09. The maximum absolute atomic E-state index is 12.6. The molecule has 5 nitrogen and oxygen atoms in total. The summed E-state index contributed by atoms with van der Waals surface area (Å²) in [5.74, 6) is -0.176. The van der Waals surface area contributed by atoms with Crippen LogP contribution in [0.4, 0.5) is 0 Å². The number of ether oxygens (including phenoxy) is 1. The van der Waals surface area contributed by atoms with Gasteiger partial charge in [0.15, 0.2) is 0 Å². The lowest BCUT2D eigenvalue weighted by molar-refractivity contribution is 0.0126. The van der Waals surface area contributed by atoms with Crippen LogP contribution in [-0.2, 0) is 4.74 Å². The zero-order valence-corrected chi connectivity index (χ0v) is 11.7. The van der Waals surface area contributed by atoms with Crippen LogP contribution in [-0.4, -0.2) is 41.4 Å². The van der Waals surface area contributed by atoms with E-state index < -0.39 is 5.54 Å². The van der Waals surface area contributed by atoms with E-state index >= 15 is 0 Å². The van der Waals surface area contributed by atoms with E-state index in [1.54, 1.807) is 12.3 Å². The summed E-state index contributed by atoms with van der Waals surface area (Å²) in [6, 6.07) is 9.25. The van der Waals surface area contributed by atoms with Crippen molar-refractivity contribution in [1.82, 2.24) is 10.3 Å². The number of fused-ring (bicyclic) bond motifs is 1. The van der Waals surface area contributed by atoms with Gasteiger partial charge in [-0.15, -0.1) is 0 Å². The van der Waals surface area contributed by atoms with Gasteiger partial charge < -0.3 is 15.2 Å². The number of rotatable bonds is 3. The second-order valence-electron chi connectivity index (χ2n) is 5.38. The van der Waals surface area contributed by atoms with E-state index in [1.807, 2.05) is 24.3 Å². The highest BCUT2D eigenvalue weighted by Gasteiger charge is 2.34. The summed E-state index contributed by atoms with van der Waals surface area (Å²) < 4.78 is 5.31. The van der Waals surface area contributed by atoms with Gasteiger partial charge in [-0.1, -0.05) is 18.2 Å². The van der Waals surface area contributed by atoms with Gasteiger partial charge in [-0.2, -0.15) is 0 Å². The molecule has 1 aromatic carbocycles. The van der Waals surface area contributed by atoms with Gasteiger partial charge in [-0.05, 0) is 25.0 Å². The lowest BCUT2D eigenvalue weighted by Gasteiger charge is -2.36. The second-order valence-corrected chi connectivity index (χ2v) is 5.38. The number of carbonyl (C=O) groups is 1. The number of hydrogen-bond donors (Lipinski definition) is 2. The van der Waals surface area contributed by atoms with Crippen molar-refractivity contribution in [2.24, 2.45) is 0 Å². The number of nitrogens with zero attached hydrogens (tertiary/aromatic N) is 1. The number of aromatic nitrogens is 1. The fourth-order valence-corrected chi connectivity index (χ4v) is 2.69. The Labute approximate surface area is 123 Å². The molecular formula is C16H18N2O3. The molecule has 1 fully saturated rings. The first-order chi connectivity index (χ1) is 10.2. The van der Waals surface area contributed by atoms with Crippen LogP contribution in [0.2, 0.25) is 0 Å². The van der Waals surface area contributed by atoms with Crippen LogP contribution in [0.5, 0.6) is 0 Å². The monoisotopic (exact) mass is 286 g/mol. The minimum absolute atomic E-state index is 0.0783. The zero-order chi connectivity index (χ0) is 14.7. The van der Waals surface area contributed by atoms with Gasteiger partial charge in [0.2, 0.25) is 0 Å². The van der Waals surface area contributed by atoms with Crippen LogP contribution < -0.4 is 5.32 Å². The highest BCUT2D eigenvalue weighted by Crippen LogP contribution is 2.22. The van der Waals surface area contributed by atoms with Crippen molar-refractivity contribution in [2.45, 2.75) is 18.4 Å². The van der Waals surface area contributed by atoms with Crippen molar-refractivity contribution in [3.63, 3.8) is 0 Å². The Morgan fingerprint density at radius 2 is 2.05 bits per heavy atom. The van der Waals surface area contributed by atoms with E-state index in [2.05, 4.69) is 10.3 Å². The Balaban J connectivity index is 1.90. The molecular weight excluding hydrogens is 268 g/mol. The predicted molar refractivity (Wildman–Crippen MR) is 79.1 cm³/mol. The third-order valence-electron chi connectivity index (χ3n) is 4.02. The molecule has 2 heterocycles. The molecule has 0 spiro atoms. The molecule has 0 aliphatic carbocycles. The van der Waals surface area contributed by atoms with Crippen molar-refractivity contribution in [3.8, 4) is 0 Å². The highest BCUT2D eigenvalue weighted by molar-refractivity contribution is 6.06. The number of benzene rings is 1. The van der Waals surface area contributed by atoms with Crippen LogP contribution in [0, 0.1) is 0 Å². The molecule has 0 radical (unpaired) electrons. The van der Waals surface area contributed by atoms with Crippen molar-refractivity contribution >= 4 is 16.8 Å². The highest BCUT2D eigenvalue weighted by atomic mass is 16.5. The second kappa shape index (κ2) is 5.79. The van der Waals surface area contributed by atoms with Crippen LogP contribution in [0.15, 0.2) is 36.5 Å². The Bertz CT molecular complexity index is 646. The Morgan fingerprint density at radius 1 is 1.29 bits per heavy atom. The van der Waals surface area contributed by atoms with Gasteiger partial charge in [0.1, 0.15) is 0 Å². The number of pyridine rings is 1. The Kier molecular flexibility index (Phi) is 3.86. The van der Waals surface area contributed by atoms with Gasteiger partial charge in [0.25, 0.3) is 5.91 Å². The summed E-state index contributed by atoms with van der Waals surface area (Å²) in [7, 11) is 0. The van der Waals surface area contributed by atoms with Crippen LogP contribution in [0.3, 0.4) is 0 Å². The molecule has 0 saturated carbocycles. The van der Waals surface area contributed by atoms with E-state index in [9.17, 15) is 9.90 Å². The predicted octanol–water partition coefficient (Wildman–Crippen LogP) is 1.51. The van der Waals surface area contributed by atoms with Gasteiger partial charge >= 0.3 is 0 Å². The molecule has 2 N–H and O–H groups in total. The quantitative estimate of drug-likeness (QED) is 0.897. The number of nitrogens with one attached hydrogen (secondary N) is 1. The SMILES string of the molecule is O=C(NC1(CO)CCOCC1)c1ccnc2ccccc12. The van der Waals surface area contributed by atoms with Crippen LogP contribution in [0.1, 0.15) is 23.2 Å². The normalized spacial score (nSPS) is 17.6. The summed E-state index contributed by atoms with van der Waals surface area (Å²) in [4.78, 5) is 16.9. The van der Waals surface area contributed by atoms with Gasteiger partial charge in [0.05, 0.1) is 23.2 Å². The molecule has 1 aliphatic rings. The molecule has 1 aliphatic heterocycles. The molecule has 0 bridgehead atoms. The van der Waals surface area contributed by atoms with E-state index in [4.69, 9.17) is 4.74 Å². The number of carbonyl (C=O) groups excluding carboxylic acids is 1. The largest absolute Gasteiger partial charge is 0.394 e. The molecule has 110 valence electrons. The molecule has 0 unspecified atom stereocenters. The lowest BCUT2D eigenvalue weighted by Crippen LogP contribution is -2.54. The van der Waals surface area contributed by atoms with Gasteiger partial charge in [-0.3, -0.25) is 9.78 Å². The summed E-state index contributed by atoms with van der Waals surface area (Å²) >= 11 is 0. The summed E-state index contributed by atoms with van der Waals surface area (Å²) in [6.45, 7) is 1.03. The van der Waals surface area contributed by atoms with Crippen molar-refractivity contribution in [1.29, 1.82) is 0 Å². The summed E-state index contributed by atoms with van der Waals surface area (Å²) in [6.07, 6.45) is 2.88.